The highest BCUT2D eigenvalue weighted by Crippen LogP contribution is 2.49. The van der Waals surface area contributed by atoms with Crippen LogP contribution in [0.3, 0.4) is 0 Å². The van der Waals surface area contributed by atoms with E-state index in [0.29, 0.717) is 11.8 Å². The Morgan fingerprint density at radius 2 is 0.674 bits per heavy atom. The van der Waals surface area contributed by atoms with E-state index in [-0.39, 0.29) is 0 Å². The molecule has 0 unspecified atom stereocenters. The van der Waals surface area contributed by atoms with Crippen molar-refractivity contribution in [2.45, 2.75) is 39.5 Å². The maximum Gasteiger partial charge on any atom is 0.136 e. The van der Waals surface area contributed by atoms with Crippen molar-refractivity contribution in [1.82, 2.24) is 9.13 Å². The SMILES string of the molecule is CC(C)c1ccc(N(c2ccc3cc4c(cc3c2)oc2ccc3oc5cc6cc(N(c7ccc(C(C)C)cc7)c7cccc8c9ccccc9n(-c9ccccc9)c78)ccc6cc5c3c24)c2cccc3c4ccccc4n(-c4ccccc4)c23)cc1. The van der Waals surface area contributed by atoms with Gasteiger partial charge in [0.25, 0.3) is 0 Å². The molecule has 0 atom stereocenters. The van der Waals surface area contributed by atoms with E-state index in [4.69, 9.17) is 8.83 Å². The molecule has 0 fully saturated rings. The average Bonchev–Trinajstić information content (AvgIpc) is 1.70. The number of hydrogen-bond donors (Lipinski definition) is 0. The van der Waals surface area contributed by atoms with Gasteiger partial charge in [-0.25, -0.2) is 0 Å². The lowest BCUT2D eigenvalue weighted by Crippen LogP contribution is -2.12. The molecule has 4 aromatic heterocycles. The largest absolute Gasteiger partial charge is 0.456 e. The number of furan rings is 2. The molecule has 86 heavy (non-hydrogen) atoms. The molecular weight excluding hydrogens is 1050 g/mol. The van der Waals surface area contributed by atoms with Crippen LogP contribution in [0.25, 0.3) is 120 Å². The third-order valence-electron chi connectivity index (χ3n) is 18.0. The molecule has 0 aliphatic carbocycles. The third kappa shape index (κ3) is 7.72. The summed E-state index contributed by atoms with van der Waals surface area (Å²) in [5.74, 6) is 0.818. The Hall–Kier alpha value is -10.8. The molecule has 6 heteroatoms. The van der Waals surface area contributed by atoms with E-state index in [1.807, 2.05) is 0 Å². The lowest BCUT2D eigenvalue weighted by Gasteiger charge is -2.28. The fraction of sp³-hybridized carbons (Fsp3) is 0.0750. The van der Waals surface area contributed by atoms with Gasteiger partial charge in [-0.3, -0.25) is 0 Å². The smallest absolute Gasteiger partial charge is 0.136 e. The normalized spacial score (nSPS) is 12.2. The molecule has 0 spiro atoms. The zero-order valence-electron chi connectivity index (χ0n) is 48.2. The Morgan fingerprint density at radius 3 is 1.09 bits per heavy atom. The minimum absolute atomic E-state index is 0.409. The second kappa shape index (κ2) is 19.4. The molecule has 0 N–H and O–H groups in total. The van der Waals surface area contributed by atoms with E-state index in [2.05, 4.69) is 314 Å². The minimum atomic E-state index is 0.409. The summed E-state index contributed by atoms with van der Waals surface area (Å²) in [7, 11) is 0. The van der Waals surface area contributed by atoms with Crippen molar-refractivity contribution >= 4 is 143 Å². The van der Waals surface area contributed by atoms with E-state index in [9.17, 15) is 0 Å². The fourth-order valence-electron chi connectivity index (χ4n) is 13.8. The van der Waals surface area contributed by atoms with Crippen molar-refractivity contribution in [2.24, 2.45) is 0 Å². The minimum Gasteiger partial charge on any atom is -0.456 e. The van der Waals surface area contributed by atoms with Crippen LogP contribution in [0, 0.1) is 0 Å². The first-order valence-electron chi connectivity index (χ1n) is 29.9. The van der Waals surface area contributed by atoms with Gasteiger partial charge >= 0.3 is 0 Å². The molecule has 0 bridgehead atoms. The number of para-hydroxylation sites is 6. The van der Waals surface area contributed by atoms with E-state index < -0.39 is 0 Å². The summed E-state index contributed by atoms with van der Waals surface area (Å²) in [6.45, 7) is 9.01. The lowest BCUT2D eigenvalue weighted by atomic mass is 10.00. The van der Waals surface area contributed by atoms with Gasteiger partial charge in [0.2, 0.25) is 0 Å². The fourth-order valence-corrected chi connectivity index (χ4v) is 13.8. The summed E-state index contributed by atoms with van der Waals surface area (Å²) < 4.78 is 18.6. The lowest BCUT2D eigenvalue weighted by molar-refractivity contribution is 0.663. The van der Waals surface area contributed by atoms with Crippen LogP contribution >= 0.6 is 0 Å². The number of anilines is 6. The molecule has 0 amide bonds. The first kappa shape index (κ1) is 49.8. The molecule has 0 aliphatic heterocycles. The standard InChI is InChI=1S/C80H58N4O2/c1-49(2)51-29-35-59(36-30-51)81(71-27-15-23-65-63-21-11-13-25-69(63)83(79(65)71)57-17-7-5-8-18-57)61-39-33-53-45-67-75(47-55(53)43-61)85-73-41-42-74-78(77(67)73)68-46-54-34-40-62(44-56(54)48-76(68)86-74)82(60-37-31-52(32-38-60)50(3)4)72-28-16-24-66-64-22-12-14-26-70(64)84(80(66)72)58-19-9-6-10-20-58/h5-50H,1-4H3. The molecule has 0 saturated carbocycles. The molecule has 6 nitrogen and oxygen atoms in total. The summed E-state index contributed by atoms with van der Waals surface area (Å²) in [5, 5.41) is 13.5. The highest BCUT2D eigenvalue weighted by Gasteiger charge is 2.26. The Balaban J connectivity index is 0.811. The van der Waals surface area contributed by atoms with Gasteiger partial charge in [0.05, 0.1) is 33.4 Å². The van der Waals surface area contributed by atoms with E-state index in [1.165, 1.54) is 43.7 Å². The molecule has 0 radical (unpaired) electrons. The Morgan fingerprint density at radius 1 is 0.291 bits per heavy atom. The Bertz CT molecular complexity index is 5190. The van der Waals surface area contributed by atoms with Crippen LogP contribution in [0.2, 0.25) is 0 Å². The second-order valence-corrected chi connectivity index (χ2v) is 23.7. The number of nitrogens with zero attached hydrogens (tertiary/aromatic N) is 4. The molecular formula is C80H58N4O2. The van der Waals surface area contributed by atoms with E-state index in [1.54, 1.807) is 0 Å². The second-order valence-electron chi connectivity index (χ2n) is 23.7. The quantitative estimate of drug-likeness (QED) is 0.137. The van der Waals surface area contributed by atoms with Gasteiger partial charge in [-0.15, -0.1) is 0 Å². The predicted octanol–water partition coefficient (Wildman–Crippen LogP) is 23.2. The third-order valence-corrected chi connectivity index (χ3v) is 18.0. The van der Waals surface area contributed by atoms with Crippen LogP contribution in [0.15, 0.2) is 276 Å². The molecule has 0 saturated heterocycles. The molecule has 410 valence electrons. The van der Waals surface area contributed by atoms with Crippen LogP contribution < -0.4 is 9.80 Å². The van der Waals surface area contributed by atoms with Gasteiger partial charge in [-0.2, -0.15) is 0 Å². The maximum atomic E-state index is 6.90. The van der Waals surface area contributed by atoms with Crippen LogP contribution in [-0.4, -0.2) is 9.13 Å². The van der Waals surface area contributed by atoms with Crippen LogP contribution in [-0.2, 0) is 0 Å². The maximum absolute atomic E-state index is 6.90. The zero-order valence-corrected chi connectivity index (χ0v) is 48.2. The van der Waals surface area contributed by atoms with Gasteiger partial charge in [0.15, 0.2) is 0 Å². The number of rotatable bonds is 10. The first-order chi connectivity index (χ1) is 42.3. The monoisotopic (exact) mass is 1110 g/mol. The topological polar surface area (TPSA) is 42.6 Å². The summed E-state index contributed by atoms with van der Waals surface area (Å²) in [6, 6.07) is 97.5. The number of hydrogen-bond acceptors (Lipinski definition) is 4. The van der Waals surface area contributed by atoms with Gasteiger partial charge in [0, 0.05) is 77.2 Å². The van der Waals surface area contributed by atoms with Crippen molar-refractivity contribution in [1.29, 1.82) is 0 Å². The van der Waals surface area contributed by atoms with E-state index in [0.717, 1.165) is 122 Å². The summed E-state index contributed by atoms with van der Waals surface area (Å²) in [4.78, 5) is 4.85. The van der Waals surface area contributed by atoms with Crippen molar-refractivity contribution in [3.63, 3.8) is 0 Å². The average molecular weight is 1110 g/mol. The Labute approximate surface area is 497 Å². The van der Waals surface area contributed by atoms with Crippen molar-refractivity contribution in [3.05, 3.63) is 278 Å². The first-order valence-corrected chi connectivity index (χ1v) is 29.9. The highest BCUT2D eigenvalue weighted by atomic mass is 16.3. The van der Waals surface area contributed by atoms with Gasteiger partial charge in [0.1, 0.15) is 22.3 Å². The summed E-state index contributed by atoms with van der Waals surface area (Å²) in [5.41, 5.74) is 19.3. The number of fused-ring (bicyclic) bond motifs is 15. The predicted molar refractivity (Wildman–Crippen MR) is 362 cm³/mol. The van der Waals surface area contributed by atoms with Crippen LogP contribution in [0.4, 0.5) is 34.1 Å². The van der Waals surface area contributed by atoms with Gasteiger partial charge in [-0.05, 0) is 178 Å². The molecule has 17 rings (SSSR count). The van der Waals surface area contributed by atoms with Crippen LogP contribution in [0.1, 0.15) is 50.7 Å². The van der Waals surface area contributed by atoms with Crippen molar-refractivity contribution in [2.75, 3.05) is 9.80 Å². The van der Waals surface area contributed by atoms with Crippen molar-refractivity contribution < 1.29 is 8.83 Å². The number of benzene rings is 13. The zero-order chi connectivity index (χ0) is 57.3. The highest BCUT2D eigenvalue weighted by molar-refractivity contribution is 6.28. The molecule has 13 aromatic carbocycles. The van der Waals surface area contributed by atoms with E-state index >= 15 is 0 Å². The van der Waals surface area contributed by atoms with Crippen molar-refractivity contribution in [3.8, 4) is 11.4 Å². The molecule has 17 aromatic rings. The Kier molecular flexibility index (Phi) is 11.2. The van der Waals surface area contributed by atoms with Crippen LogP contribution in [0.5, 0.6) is 0 Å². The number of aromatic nitrogens is 2. The summed E-state index contributed by atoms with van der Waals surface area (Å²) >= 11 is 0. The molecule has 4 heterocycles. The van der Waals surface area contributed by atoms with Gasteiger partial charge in [-0.1, -0.05) is 161 Å². The van der Waals surface area contributed by atoms with Gasteiger partial charge < -0.3 is 27.8 Å². The molecule has 0 aliphatic rings. The summed E-state index contributed by atoms with van der Waals surface area (Å²) in [6.07, 6.45) is 0.